The second-order valence-corrected chi connectivity index (χ2v) is 6.66. The number of aromatic nitrogens is 2. The number of halogens is 1. The van der Waals surface area contributed by atoms with Gasteiger partial charge in [0.15, 0.2) is 0 Å². The van der Waals surface area contributed by atoms with Gasteiger partial charge in [0.05, 0.1) is 6.61 Å². The number of thioether (sulfide) groups is 1. The Kier molecular flexibility index (Phi) is 4.32. The van der Waals surface area contributed by atoms with E-state index in [1.807, 2.05) is 6.07 Å². The summed E-state index contributed by atoms with van der Waals surface area (Å²) in [7, 11) is 0. The van der Waals surface area contributed by atoms with Gasteiger partial charge in [-0.3, -0.25) is 4.79 Å². The number of benzene rings is 1. The lowest BCUT2D eigenvalue weighted by molar-refractivity contribution is 0.0688. The first-order valence-electron chi connectivity index (χ1n) is 6.43. The van der Waals surface area contributed by atoms with E-state index in [1.54, 1.807) is 30.0 Å². The molecule has 1 aliphatic rings. The third-order valence-corrected chi connectivity index (χ3v) is 4.64. The van der Waals surface area contributed by atoms with Crippen molar-refractivity contribution in [3.63, 3.8) is 0 Å². The number of hydrogen-bond acceptors (Lipinski definition) is 5. The van der Waals surface area contributed by atoms with Gasteiger partial charge in [0, 0.05) is 16.0 Å². The molecule has 0 radical (unpaired) electrons. The summed E-state index contributed by atoms with van der Waals surface area (Å²) in [5.41, 5.74) is 0.416. The van der Waals surface area contributed by atoms with E-state index in [0.29, 0.717) is 18.0 Å². The molecule has 2 N–H and O–H groups in total. The molecule has 21 heavy (non-hydrogen) atoms. The summed E-state index contributed by atoms with van der Waals surface area (Å²) >= 11 is 5.09. The fourth-order valence-electron chi connectivity index (χ4n) is 2.18. The quantitative estimate of drug-likeness (QED) is 0.852. The molecule has 1 atom stereocenters. The van der Waals surface area contributed by atoms with Crippen molar-refractivity contribution in [2.24, 2.45) is 0 Å². The molecular formula is C14H13BrN2O3S. The van der Waals surface area contributed by atoms with Gasteiger partial charge in [-0.15, -0.1) is 0 Å². The average Bonchev–Trinajstić information content (AvgIpc) is 2.47. The lowest BCUT2D eigenvalue weighted by Crippen LogP contribution is -2.22. The minimum absolute atomic E-state index is 0.170. The van der Waals surface area contributed by atoms with E-state index in [1.165, 1.54) is 0 Å². The Morgan fingerprint density at radius 2 is 2.33 bits per heavy atom. The van der Waals surface area contributed by atoms with Crippen molar-refractivity contribution < 1.29 is 9.84 Å². The Morgan fingerprint density at radius 3 is 3.00 bits per heavy atom. The Hall–Kier alpha value is -1.31. The van der Waals surface area contributed by atoms with E-state index in [0.717, 1.165) is 16.0 Å². The van der Waals surface area contributed by atoms with Gasteiger partial charge < -0.3 is 14.8 Å². The lowest BCUT2D eigenvalue weighted by atomic mass is 10.1. The van der Waals surface area contributed by atoms with E-state index in [4.69, 9.17) is 4.74 Å². The van der Waals surface area contributed by atoms with Crippen molar-refractivity contribution in [1.29, 1.82) is 0 Å². The average molecular weight is 369 g/mol. The van der Waals surface area contributed by atoms with E-state index in [9.17, 15) is 9.90 Å². The number of hydrogen-bond donors (Lipinski definition) is 2. The molecule has 0 bridgehead atoms. The third-order valence-electron chi connectivity index (χ3n) is 3.15. The Labute approximate surface area is 133 Å². The van der Waals surface area contributed by atoms with Crippen LogP contribution in [0.15, 0.2) is 33.5 Å². The molecule has 0 saturated carbocycles. The minimum atomic E-state index is -0.366. The highest BCUT2D eigenvalue weighted by Crippen LogP contribution is 2.29. The highest BCUT2D eigenvalue weighted by molar-refractivity contribution is 9.10. The summed E-state index contributed by atoms with van der Waals surface area (Å²) in [6, 6.07) is 7.17. The normalized spacial score (nSPS) is 18.6. The van der Waals surface area contributed by atoms with Crippen molar-refractivity contribution >= 4 is 27.7 Å². The van der Waals surface area contributed by atoms with Gasteiger partial charge in [-0.1, -0.05) is 28.1 Å². The van der Waals surface area contributed by atoms with Crippen LogP contribution in [0.1, 0.15) is 11.9 Å². The van der Waals surface area contributed by atoms with Crippen LogP contribution in [0, 0.1) is 0 Å². The van der Waals surface area contributed by atoms with E-state index < -0.39 is 0 Å². The molecular weight excluding hydrogens is 356 g/mol. The molecule has 1 aliphatic heterocycles. The van der Waals surface area contributed by atoms with Gasteiger partial charge >= 0.3 is 0 Å². The van der Waals surface area contributed by atoms with E-state index in [2.05, 4.69) is 25.9 Å². The second kappa shape index (κ2) is 6.21. The topological polar surface area (TPSA) is 75.2 Å². The van der Waals surface area contributed by atoms with Crippen LogP contribution in [0.5, 0.6) is 5.88 Å². The van der Waals surface area contributed by atoms with Crippen LogP contribution in [0.2, 0.25) is 0 Å². The van der Waals surface area contributed by atoms with Crippen LogP contribution < -0.4 is 5.56 Å². The van der Waals surface area contributed by atoms with Gasteiger partial charge in [-0.05, 0) is 17.7 Å². The predicted molar refractivity (Wildman–Crippen MR) is 85.7 cm³/mol. The molecule has 110 valence electrons. The summed E-state index contributed by atoms with van der Waals surface area (Å²) in [5, 5.41) is 10.1. The highest BCUT2D eigenvalue weighted by Gasteiger charge is 2.22. The van der Waals surface area contributed by atoms with Crippen LogP contribution in [0.3, 0.4) is 0 Å². The summed E-state index contributed by atoms with van der Waals surface area (Å²) in [6.45, 7) is 0.618. The van der Waals surface area contributed by atoms with Gasteiger partial charge in [0.25, 0.3) is 5.56 Å². The van der Waals surface area contributed by atoms with Crippen LogP contribution >= 0.6 is 27.7 Å². The largest absolute Gasteiger partial charge is 0.493 e. The number of ether oxygens (including phenoxy) is 1. The Balaban J connectivity index is 2.02. The fourth-order valence-corrected chi connectivity index (χ4v) is 3.43. The highest BCUT2D eigenvalue weighted by atomic mass is 79.9. The molecule has 2 heterocycles. The Morgan fingerprint density at radius 1 is 1.48 bits per heavy atom. The lowest BCUT2D eigenvalue weighted by Gasteiger charge is -2.21. The maximum Gasteiger partial charge on any atom is 0.262 e. The maximum absolute atomic E-state index is 12.3. The molecule has 0 amide bonds. The molecule has 1 aromatic carbocycles. The van der Waals surface area contributed by atoms with Crippen molar-refractivity contribution in [2.75, 3.05) is 18.1 Å². The molecule has 1 aromatic heterocycles. The van der Waals surface area contributed by atoms with E-state index >= 15 is 0 Å². The van der Waals surface area contributed by atoms with Gasteiger partial charge in [0.1, 0.15) is 17.5 Å². The first-order valence-corrected chi connectivity index (χ1v) is 8.38. The minimum Gasteiger partial charge on any atom is -0.493 e. The second-order valence-electron chi connectivity index (χ2n) is 4.59. The SMILES string of the molecule is O=c1[nH]c(C2CSCCO2)nc(O)c1-c1cccc(Br)c1. The van der Waals surface area contributed by atoms with Crippen molar-refractivity contribution in [3.8, 4) is 17.0 Å². The van der Waals surface area contributed by atoms with Crippen LogP contribution in [0.4, 0.5) is 0 Å². The Bertz CT molecular complexity index is 714. The smallest absolute Gasteiger partial charge is 0.262 e. The standard InChI is InChI=1S/C14H13BrN2O3S/c15-9-3-1-2-8(6-9)11-13(18)16-12(17-14(11)19)10-7-21-5-4-20-10/h1-3,6,10H,4-5,7H2,(H2,16,17,18,19). The van der Waals surface area contributed by atoms with Crippen LogP contribution in [-0.4, -0.2) is 33.2 Å². The maximum atomic E-state index is 12.3. The molecule has 0 spiro atoms. The number of aromatic amines is 1. The van der Waals surface area contributed by atoms with Crippen molar-refractivity contribution in [1.82, 2.24) is 9.97 Å². The summed E-state index contributed by atoms with van der Waals surface area (Å²) < 4.78 is 6.40. The molecule has 1 fully saturated rings. The number of nitrogens with one attached hydrogen (secondary N) is 1. The zero-order chi connectivity index (χ0) is 14.8. The zero-order valence-electron chi connectivity index (χ0n) is 11.0. The molecule has 7 heteroatoms. The zero-order valence-corrected chi connectivity index (χ0v) is 13.4. The van der Waals surface area contributed by atoms with Crippen molar-refractivity contribution in [3.05, 3.63) is 44.9 Å². The number of rotatable bonds is 2. The summed E-state index contributed by atoms with van der Waals surface area (Å²) in [5.74, 6) is 1.76. The van der Waals surface area contributed by atoms with Crippen LogP contribution in [-0.2, 0) is 4.74 Å². The number of aromatic hydroxyl groups is 1. The molecule has 5 nitrogen and oxygen atoms in total. The first kappa shape index (κ1) is 14.6. The summed E-state index contributed by atoms with van der Waals surface area (Å²) in [6.07, 6.45) is -0.279. The first-order chi connectivity index (χ1) is 10.1. The molecule has 1 unspecified atom stereocenters. The molecule has 2 aromatic rings. The van der Waals surface area contributed by atoms with Crippen molar-refractivity contribution in [2.45, 2.75) is 6.10 Å². The van der Waals surface area contributed by atoms with Gasteiger partial charge in [-0.25, -0.2) is 0 Å². The predicted octanol–water partition coefficient (Wildman–Crippen LogP) is 2.71. The number of nitrogens with zero attached hydrogens (tertiary/aromatic N) is 1. The van der Waals surface area contributed by atoms with Crippen LogP contribution in [0.25, 0.3) is 11.1 Å². The van der Waals surface area contributed by atoms with E-state index in [-0.39, 0.29) is 23.1 Å². The fraction of sp³-hybridized carbons (Fsp3) is 0.286. The van der Waals surface area contributed by atoms with Gasteiger partial charge in [0.2, 0.25) is 5.88 Å². The number of H-pyrrole nitrogens is 1. The monoisotopic (exact) mass is 368 g/mol. The van der Waals surface area contributed by atoms with Gasteiger partial charge in [-0.2, -0.15) is 16.7 Å². The third kappa shape index (κ3) is 3.14. The molecule has 3 rings (SSSR count). The molecule has 0 aliphatic carbocycles. The summed E-state index contributed by atoms with van der Waals surface area (Å²) in [4.78, 5) is 19.1. The molecule has 1 saturated heterocycles.